The van der Waals surface area contributed by atoms with Crippen LogP contribution in [0.15, 0.2) is 18.3 Å². The Morgan fingerprint density at radius 3 is 2.93 bits per heavy atom. The molecular weight excluding hydrogens is 194 g/mol. The second kappa shape index (κ2) is 4.06. The predicted molar refractivity (Wildman–Crippen MR) is 54.5 cm³/mol. The molecule has 0 aliphatic carbocycles. The van der Waals surface area contributed by atoms with Crippen molar-refractivity contribution >= 4 is 5.97 Å². The number of nitrogens with one attached hydrogen (secondary N) is 1. The van der Waals surface area contributed by atoms with E-state index in [0.29, 0.717) is 19.6 Å². The van der Waals surface area contributed by atoms with Crippen molar-refractivity contribution in [3.8, 4) is 0 Å². The summed E-state index contributed by atoms with van der Waals surface area (Å²) < 4.78 is 9.90. The standard InChI is InChI=1S/C11H15NO3/c1-14-10(13)4-5-11(7-15-8-11)9-3-2-6-12-9/h2-3,6,12H,4-5,7-8H2,1H3. The summed E-state index contributed by atoms with van der Waals surface area (Å²) in [6.45, 7) is 1.37. The Hall–Kier alpha value is -1.29. The molecule has 0 saturated carbocycles. The zero-order valence-electron chi connectivity index (χ0n) is 8.79. The summed E-state index contributed by atoms with van der Waals surface area (Å²) in [5, 5.41) is 0. The van der Waals surface area contributed by atoms with E-state index in [4.69, 9.17) is 4.74 Å². The van der Waals surface area contributed by atoms with Crippen molar-refractivity contribution in [1.29, 1.82) is 0 Å². The minimum Gasteiger partial charge on any atom is -0.469 e. The average Bonchev–Trinajstić information content (AvgIpc) is 2.69. The molecule has 0 atom stereocenters. The topological polar surface area (TPSA) is 51.3 Å². The van der Waals surface area contributed by atoms with Crippen LogP contribution in [0.25, 0.3) is 0 Å². The quantitative estimate of drug-likeness (QED) is 0.759. The van der Waals surface area contributed by atoms with Gasteiger partial charge >= 0.3 is 5.97 Å². The zero-order chi connectivity index (χ0) is 10.7. The van der Waals surface area contributed by atoms with Gasteiger partial charge in [-0.05, 0) is 18.6 Å². The van der Waals surface area contributed by atoms with Gasteiger partial charge in [0.25, 0.3) is 0 Å². The van der Waals surface area contributed by atoms with E-state index in [2.05, 4.69) is 9.72 Å². The van der Waals surface area contributed by atoms with Crippen LogP contribution in [-0.2, 0) is 19.7 Å². The lowest BCUT2D eigenvalue weighted by Crippen LogP contribution is -2.47. The molecule has 0 aromatic carbocycles. The van der Waals surface area contributed by atoms with Crippen molar-refractivity contribution in [2.75, 3.05) is 20.3 Å². The van der Waals surface area contributed by atoms with Gasteiger partial charge in [0.15, 0.2) is 0 Å². The monoisotopic (exact) mass is 209 g/mol. The van der Waals surface area contributed by atoms with Crippen molar-refractivity contribution in [1.82, 2.24) is 4.98 Å². The first-order valence-corrected chi connectivity index (χ1v) is 5.05. The third kappa shape index (κ3) is 1.90. The van der Waals surface area contributed by atoms with Crippen molar-refractivity contribution in [3.05, 3.63) is 24.0 Å². The van der Waals surface area contributed by atoms with Crippen molar-refractivity contribution in [2.24, 2.45) is 0 Å². The van der Waals surface area contributed by atoms with E-state index in [-0.39, 0.29) is 11.4 Å². The summed E-state index contributed by atoms with van der Waals surface area (Å²) >= 11 is 0. The second-order valence-corrected chi connectivity index (χ2v) is 3.93. The highest BCUT2D eigenvalue weighted by Gasteiger charge is 2.41. The first-order chi connectivity index (χ1) is 7.27. The van der Waals surface area contributed by atoms with Gasteiger partial charge in [-0.1, -0.05) is 0 Å². The first kappa shape index (κ1) is 10.2. The summed E-state index contributed by atoms with van der Waals surface area (Å²) in [6, 6.07) is 4.01. The molecule has 4 nitrogen and oxygen atoms in total. The summed E-state index contributed by atoms with van der Waals surface area (Å²) in [4.78, 5) is 14.3. The maximum absolute atomic E-state index is 11.1. The first-order valence-electron chi connectivity index (χ1n) is 5.05. The summed E-state index contributed by atoms with van der Waals surface area (Å²) in [5.74, 6) is -0.159. The van der Waals surface area contributed by atoms with Crippen LogP contribution >= 0.6 is 0 Å². The van der Waals surface area contributed by atoms with Gasteiger partial charge in [0, 0.05) is 18.3 Å². The number of carbonyl (C=O) groups excluding carboxylic acids is 1. The van der Waals surface area contributed by atoms with Gasteiger partial charge in [0.05, 0.1) is 25.7 Å². The van der Waals surface area contributed by atoms with Gasteiger partial charge in [-0.3, -0.25) is 4.79 Å². The Kier molecular flexibility index (Phi) is 2.77. The third-order valence-electron chi connectivity index (χ3n) is 2.96. The van der Waals surface area contributed by atoms with Crippen molar-refractivity contribution in [2.45, 2.75) is 18.3 Å². The second-order valence-electron chi connectivity index (χ2n) is 3.93. The van der Waals surface area contributed by atoms with Gasteiger partial charge in [0.1, 0.15) is 0 Å². The van der Waals surface area contributed by atoms with E-state index in [1.54, 1.807) is 0 Å². The molecule has 1 saturated heterocycles. The number of esters is 1. The minimum absolute atomic E-state index is 0.00229. The Morgan fingerprint density at radius 2 is 2.47 bits per heavy atom. The highest BCUT2D eigenvalue weighted by atomic mass is 16.5. The molecule has 0 spiro atoms. The molecule has 1 fully saturated rings. The number of carbonyl (C=O) groups is 1. The maximum Gasteiger partial charge on any atom is 0.305 e. The van der Waals surface area contributed by atoms with Gasteiger partial charge in [-0.2, -0.15) is 0 Å². The van der Waals surface area contributed by atoms with Gasteiger partial charge in [0.2, 0.25) is 0 Å². The van der Waals surface area contributed by atoms with Crippen LogP contribution in [0.2, 0.25) is 0 Å². The molecule has 1 N–H and O–H groups in total. The number of methoxy groups -OCH3 is 1. The molecule has 1 aromatic heterocycles. The van der Waals surface area contributed by atoms with Crippen molar-refractivity contribution < 1.29 is 14.3 Å². The van der Waals surface area contributed by atoms with Crippen LogP contribution < -0.4 is 0 Å². The Morgan fingerprint density at radius 1 is 1.67 bits per heavy atom. The van der Waals surface area contributed by atoms with Crippen molar-refractivity contribution in [3.63, 3.8) is 0 Å². The fourth-order valence-corrected chi connectivity index (χ4v) is 1.89. The summed E-state index contributed by atoms with van der Waals surface area (Å²) in [7, 11) is 1.42. The number of H-pyrrole nitrogens is 1. The smallest absolute Gasteiger partial charge is 0.305 e. The van der Waals surface area contributed by atoms with E-state index in [1.165, 1.54) is 7.11 Å². The van der Waals surface area contributed by atoms with Crippen LogP contribution in [0.1, 0.15) is 18.5 Å². The summed E-state index contributed by atoms with van der Waals surface area (Å²) in [5.41, 5.74) is 1.15. The molecule has 1 aliphatic rings. The van der Waals surface area contributed by atoms with E-state index >= 15 is 0 Å². The van der Waals surface area contributed by atoms with Gasteiger partial charge in [-0.25, -0.2) is 0 Å². The third-order valence-corrected chi connectivity index (χ3v) is 2.96. The normalized spacial score (nSPS) is 18.2. The number of aromatic amines is 1. The predicted octanol–water partition coefficient (Wildman–Crippen LogP) is 1.24. The maximum atomic E-state index is 11.1. The highest BCUT2D eigenvalue weighted by Crippen LogP contribution is 2.35. The average molecular weight is 209 g/mol. The minimum atomic E-state index is -0.159. The lowest BCUT2D eigenvalue weighted by atomic mass is 9.78. The van der Waals surface area contributed by atoms with Crippen LogP contribution in [0.4, 0.5) is 0 Å². The van der Waals surface area contributed by atoms with Gasteiger partial charge in [-0.15, -0.1) is 0 Å². The van der Waals surface area contributed by atoms with E-state index in [1.807, 2.05) is 18.3 Å². The molecule has 0 radical (unpaired) electrons. The summed E-state index contributed by atoms with van der Waals surface area (Å²) in [6.07, 6.45) is 3.12. The van der Waals surface area contributed by atoms with E-state index < -0.39 is 0 Å². The van der Waals surface area contributed by atoms with Crippen LogP contribution in [0.3, 0.4) is 0 Å². The van der Waals surface area contributed by atoms with E-state index in [0.717, 1.165) is 12.1 Å². The Labute approximate surface area is 88.6 Å². The molecule has 0 amide bonds. The number of rotatable bonds is 4. The largest absolute Gasteiger partial charge is 0.469 e. The number of hydrogen-bond donors (Lipinski definition) is 1. The van der Waals surface area contributed by atoms with Crippen LogP contribution in [-0.4, -0.2) is 31.3 Å². The molecule has 2 rings (SSSR count). The number of aromatic nitrogens is 1. The highest BCUT2D eigenvalue weighted by molar-refractivity contribution is 5.69. The lowest BCUT2D eigenvalue weighted by Gasteiger charge is -2.40. The molecular formula is C11H15NO3. The fourth-order valence-electron chi connectivity index (χ4n) is 1.89. The SMILES string of the molecule is COC(=O)CCC1(c2ccc[nH]2)COC1. The van der Waals surface area contributed by atoms with Gasteiger partial charge < -0.3 is 14.5 Å². The number of hydrogen-bond acceptors (Lipinski definition) is 3. The zero-order valence-corrected chi connectivity index (χ0v) is 8.79. The Bertz CT molecular complexity index is 328. The Balaban J connectivity index is 2.00. The molecule has 82 valence electrons. The number of ether oxygens (including phenoxy) is 2. The van der Waals surface area contributed by atoms with E-state index in [9.17, 15) is 4.79 Å². The fraction of sp³-hybridized carbons (Fsp3) is 0.545. The molecule has 1 aliphatic heterocycles. The van der Waals surface area contributed by atoms with Crippen LogP contribution in [0.5, 0.6) is 0 Å². The molecule has 1 aromatic rings. The lowest BCUT2D eigenvalue weighted by molar-refractivity contribution is -0.142. The van der Waals surface area contributed by atoms with Crippen LogP contribution in [0, 0.1) is 0 Å². The molecule has 4 heteroatoms. The molecule has 0 unspecified atom stereocenters. The molecule has 2 heterocycles. The molecule has 15 heavy (non-hydrogen) atoms. The molecule has 0 bridgehead atoms.